The van der Waals surface area contributed by atoms with Crippen LogP contribution in [0.3, 0.4) is 0 Å². The summed E-state index contributed by atoms with van der Waals surface area (Å²) in [6.07, 6.45) is 2.44. The Morgan fingerprint density at radius 1 is 1.11 bits per heavy atom. The van der Waals surface area contributed by atoms with E-state index in [1.54, 1.807) is 0 Å². The van der Waals surface area contributed by atoms with E-state index in [1.807, 2.05) is 42.2 Å². The molecule has 0 saturated carbocycles. The summed E-state index contributed by atoms with van der Waals surface area (Å²) in [6, 6.07) is 9.77. The summed E-state index contributed by atoms with van der Waals surface area (Å²) >= 11 is 1.49. The Morgan fingerprint density at radius 3 is 2.70 bits per heavy atom. The fourth-order valence-corrected chi connectivity index (χ4v) is 4.59. The Kier molecular flexibility index (Phi) is 5.16. The van der Waals surface area contributed by atoms with Crippen molar-refractivity contribution in [2.75, 3.05) is 19.8 Å². The van der Waals surface area contributed by atoms with Crippen molar-refractivity contribution in [2.24, 2.45) is 0 Å². The molecular weight excluding hydrogens is 362 g/mol. The molecule has 1 atom stereocenters. The van der Waals surface area contributed by atoms with Gasteiger partial charge in [-0.1, -0.05) is 6.07 Å². The summed E-state index contributed by atoms with van der Waals surface area (Å²) in [6.45, 7) is 3.84. The number of hydrogen-bond donors (Lipinski definition) is 0. The Balaban J connectivity index is 1.41. The van der Waals surface area contributed by atoms with E-state index >= 15 is 0 Å². The first-order valence-corrected chi connectivity index (χ1v) is 10.2. The smallest absolute Gasteiger partial charge is 0.223 e. The number of nitrogens with zero attached hydrogens (tertiary/aromatic N) is 1. The van der Waals surface area contributed by atoms with Crippen LogP contribution in [0.15, 0.2) is 30.3 Å². The lowest BCUT2D eigenvalue weighted by atomic mass is 10.0. The van der Waals surface area contributed by atoms with Gasteiger partial charge in [0.1, 0.15) is 13.2 Å². The summed E-state index contributed by atoms with van der Waals surface area (Å²) in [5.74, 6) is 1.62. The van der Waals surface area contributed by atoms with Crippen molar-refractivity contribution in [3.8, 4) is 11.5 Å². The molecule has 4 rings (SSSR count). The molecule has 0 bridgehead atoms. The second-order valence-corrected chi connectivity index (χ2v) is 8.27. The van der Waals surface area contributed by atoms with E-state index in [-0.39, 0.29) is 30.6 Å². The van der Waals surface area contributed by atoms with Crippen LogP contribution in [0.5, 0.6) is 11.5 Å². The number of likely N-dealkylation sites (tertiary alicyclic amines) is 1. The standard InChI is InChI=1S/C21H23NO4S/c1-14-4-8-20(27-14)17(23)6-9-21(24)22-10-2-3-16(22)15-5-7-18-19(13-15)26-12-11-25-18/h4-5,7-8,13,16H,2-3,6,9-12H2,1H3/t16-/m1/s1. The predicted octanol–water partition coefficient (Wildman–Crippen LogP) is 4.15. The third kappa shape index (κ3) is 3.86. The zero-order chi connectivity index (χ0) is 18.8. The first-order chi connectivity index (χ1) is 13.1. The van der Waals surface area contributed by atoms with Gasteiger partial charge in [-0.05, 0) is 49.6 Å². The second-order valence-electron chi connectivity index (χ2n) is 6.98. The first-order valence-electron chi connectivity index (χ1n) is 9.40. The van der Waals surface area contributed by atoms with Crippen molar-refractivity contribution in [1.29, 1.82) is 0 Å². The van der Waals surface area contributed by atoms with Gasteiger partial charge in [0.25, 0.3) is 0 Å². The fraction of sp³-hybridized carbons (Fsp3) is 0.429. The van der Waals surface area contributed by atoms with Crippen LogP contribution in [0.4, 0.5) is 0 Å². The molecule has 3 heterocycles. The van der Waals surface area contributed by atoms with E-state index in [2.05, 4.69) is 0 Å². The molecule has 1 amide bonds. The van der Waals surface area contributed by atoms with Gasteiger partial charge in [-0.25, -0.2) is 0 Å². The minimum absolute atomic E-state index is 0.0485. The zero-order valence-electron chi connectivity index (χ0n) is 15.4. The van der Waals surface area contributed by atoms with Gasteiger partial charge in [0, 0.05) is 24.3 Å². The van der Waals surface area contributed by atoms with E-state index in [1.165, 1.54) is 11.3 Å². The van der Waals surface area contributed by atoms with E-state index in [0.717, 1.165) is 46.2 Å². The number of fused-ring (bicyclic) bond motifs is 1. The van der Waals surface area contributed by atoms with Crippen molar-refractivity contribution in [3.63, 3.8) is 0 Å². The second kappa shape index (κ2) is 7.72. The number of hydrogen-bond acceptors (Lipinski definition) is 5. The van der Waals surface area contributed by atoms with Gasteiger partial charge < -0.3 is 14.4 Å². The molecule has 2 aliphatic rings. The first kappa shape index (κ1) is 18.0. The van der Waals surface area contributed by atoms with Gasteiger partial charge >= 0.3 is 0 Å². The number of thiophene rings is 1. The summed E-state index contributed by atoms with van der Waals surface area (Å²) in [5, 5.41) is 0. The molecule has 0 aliphatic carbocycles. The summed E-state index contributed by atoms with van der Waals surface area (Å²) in [4.78, 5) is 28.8. The molecule has 142 valence electrons. The topological polar surface area (TPSA) is 55.8 Å². The third-order valence-corrected chi connectivity index (χ3v) is 6.15. The Bertz CT molecular complexity index is 860. The SMILES string of the molecule is Cc1ccc(C(=O)CCC(=O)N2CCC[C@@H]2c2ccc3c(c2)OCCO3)s1. The molecule has 0 radical (unpaired) electrons. The molecule has 0 spiro atoms. The van der Waals surface area contributed by atoms with Crippen molar-refractivity contribution in [3.05, 3.63) is 45.6 Å². The average Bonchev–Trinajstić information content (AvgIpc) is 3.34. The van der Waals surface area contributed by atoms with Crippen LogP contribution in [-0.2, 0) is 4.79 Å². The van der Waals surface area contributed by atoms with Crippen molar-refractivity contribution >= 4 is 23.0 Å². The lowest BCUT2D eigenvalue weighted by Crippen LogP contribution is -2.30. The molecule has 1 fully saturated rings. The molecule has 1 aromatic carbocycles. The summed E-state index contributed by atoms with van der Waals surface area (Å²) < 4.78 is 11.3. The molecule has 27 heavy (non-hydrogen) atoms. The molecule has 1 aromatic heterocycles. The van der Waals surface area contributed by atoms with Crippen LogP contribution >= 0.6 is 11.3 Å². The number of carbonyl (C=O) groups is 2. The Labute approximate surface area is 162 Å². The molecule has 0 unspecified atom stereocenters. The minimum atomic E-state index is 0.0485. The lowest BCUT2D eigenvalue weighted by molar-refractivity contribution is -0.132. The fourth-order valence-electron chi connectivity index (χ4n) is 3.75. The summed E-state index contributed by atoms with van der Waals surface area (Å²) in [5.41, 5.74) is 1.07. The van der Waals surface area contributed by atoms with Gasteiger partial charge in [0.05, 0.1) is 10.9 Å². The van der Waals surface area contributed by atoms with Crippen LogP contribution in [0.1, 0.15) is 51.8 Å². The van der Waals surface area contributed by atoms with Crippen LogP contribution < -0.4 is 9.47 Å². The van der Waals surface area contributed by atoms with E-state index < -0.39 is 0 Å². The highest BCUT2D eigenvalue weighted by atomic mass is 32.1. The van der Waals surface area contributed by atoms with Gasteiger partial charge in [0.2, 0.25) is 5.91 Å². The number of ether oxygens (including phenoxy) is 2. The van der Waals surface area contributed by atoms with Gasteiger partial charge in [-0.3, -0.25) is 9.59 Å². The average molecular weight is 385 g/mol. The normalized spacial score (nSPS) is 18.6. The van der Waals surface area contributed by atoms with Crippen LogP contribution in [0.2, 0.25) is 0 Å². The Morgan fingerprint density at radius 2 is 1.93 bits per heavy atom. The monoisotopic (exact) mass is 385 g/mol. The maximum absolute atomic E-state index is 12.8. The highest BCUT2D eigenvalue weighted by molar-refractivity contribution is 7.14. The molecule has 5 nitrogen and oxygen atoms in total. The molecule has 6 heteroatoms. The van der Waals surface area contributed by atoms with E-state index in [9.17, 15) is 9.59 Å². The van der Waals surface area contributed by atoms with Gasteiger partial charge in [-0.15, -0.1) is 11.3 Å². The third-order valence-electron chi connectivity index (χ3n) is 5.11. The predicted molar refractivity (Wildman–Crippen MR) is 104 cm³/mol. The van der Waals surface area contributed by atoms with Crippen LogP contribution in [-0.4, -0.2) is 36.3 Å². The number of carbonyl (C=O) groups excluding carboxylic acids is 2. The minimum Gasteiger partial charge on any atom is -0.486 e. The molecular formula is C21H23NO4S. The van der Waals surface area contributed by atoms with E-state index in [0.29, 0.717) is 13.2 Å². The van der Waals surface area contributed by atoms with Crippen molar-refractivity contribution < 1.29 is 19.1 Å². The number of aryl methyl sites for hydroxylation is 1. The molecule has 1 saturated heterocycles. The van der Waals surface area contributed by atoms with Gasteiger partial charge in [0.15, 0.2) is 17.3 Å². The maximum Gasteiger partial charge on any atom is 0.223 e. The lowest BCUT2D eigenvalue weighted by Gasteiger charge is -2.26. The maximum atomic E-state index is 12.8. The largest absolute Gasteiger partial charge is 0.486 e. The highest BCUT2D eigenvalue weighted by Gasteiger charge is 2.31. The number of benzene rings is 1. The zero-order valence-corrected chi connectivity index (χ0v) is 16.2. The number of Topliss-reactive ketones (excluding diaryl/α,β-unsaturated/α-hetero) is 1. The highest BCUT2D eigenvalue weighted by Crippen LogP contribution is 2.38. The van der Waals surface area contributed by atoms with Crippen LogP contribution in [0.25, 0.3) is 0 Å². The van der Waals surface area contributed by atoms with Crippen LogP contribution in [0, 0.1) is 6.92 Å². The van der Waals surface area contributed by atoms with E-state index in [4.69, 9.17) is 9.47 Å². The van der Waals surface area contributed by atoms with Gasteiger partial charge in [-0.2, -0.15) is 0 Å². The molecule has 2 aliphatic heterocycles. The number of amides is 1. The number of rotatable bonds is 5. The van der Waals surface area contributed by atoms with Crippen molar-refractivity contribution in [1.82, 2.24) is 4.90 Å². The van der Waals surface area contributed by atoms with Crippen molar-refractivity contribution in [2.45, 2.75) is 38.6 Å². The number of ketones is 1. The summed E-state index contributed by atoms with van der Waals surface area (Å²) in [7, 11) is 0. The molecule has 2 aromatic rings. The molecule has 0 N–H and O–H groups in total. The quantitative estimate of drug-likeness (QED) is 0.726. The Hall–Kier alpha value is -2.34.